The minimum absolute atomic E-state index is 0.0157. The van der Waals surface area contributed by atoms with Crippen molar-refractivity contribution >= 4 is 5.91 Å². The van der Waals surface area contributed by atoms with Crippen molar-refractivity contribution < 1.29 is 9.32 Å². The molecule has 1 amide bonds. The molecule has 7 nitrogen and oxygen atoms in total. The second-order valence-corrected chi connectivity index (χ2v) is 5.81. The van der Waals surface area contributed by atoms with Crippen molar-refractivity contribution in [2.45, 2.75) is 19.4 Å². The van der Waals surface area contributed by atoms with Crippen LogP contribution in [0.25, 0.3) is 11.4 Å². The van der Waals surface area contributed by atoms with Crippen LogP contribution in [-0.4, -0.2) is 33.0 Å². The highest BCUT2D eigenvalue weighted by atomic mass is 16.5. The van der Waals surface area contributed by atoms with Crippen LogP contribution >= 0.6 is 0 Å². The first-order valence-corrected chi connectivity index (χ1v) is 8.11. The zero-order chi connectivity index (χ0) is 18.4. The first kappa shape index (κ1) is 17.3. The Morgan fingerprint density at radius 2 is 1.92 bits per heavy atom. The largest absolute Gasteiger partial charge is 0.341 e. The van der Waals surface area contributed by atoms with Crippen molar-refractivity contribution in [2.75, 3.05) is 7.05 Å². The lowest BCUT2D eigenvalue weighted by Crippen LogP contribution is -2.26. The minimum Gasteiger partial charge on any atom is -0.341 e. The first-order chi connectivity index (χ1) is 12.7. The number of carbonyl (C=O) groups is 1. The summed E-state index contributed by atoms with van der Waals surface area (Å²) >= 11 is 0. The van der Waals surface area contributed by atoms with Gasteiger partial charge in [-0.15, -0.1) is 0 Å². The summed E-state index contributed by atoms with van der Waals surface area (Å²) in [5, 5.41) is 12.7. The van der Waals surface area contributed by atoms with Crippen LogP contribution in [0.1, 0.15) is 23.4 Å². The van der Waals surface area contributed by atoms with Crippen molar-refractivity contribution in [3.8, 4) is 17.5 Å². The van der Waals surface area contributed by atoms with Crippen molar-refractivity contribution in [3.05, 3.63) is 65.8 Å². The number of rotatable bonds is 6. The lowest BCUT2D eigenvalue weighted by molar-refractivity contribution is -0.130. The molecule has 0 bridgehead atoms. The van der Waals surface area contributed by atoms with Crippen LogP contribution in [0.3, 0.4) is 0 Å². The van der Waals surface area contributed by atoms with Crippen LogP contribution in [0.4, 0.5) is 0 Å². The predicted molar refractivity (Wildman–Crippen MR) is 93.5 cm³/mol. The lowest BCUT2D eigenvalue weighted by atomic mass is 10.1. The standard InChI is InChI=1S/C19H17N5O2/c1-24(13-15-4-2-14(12-20)3-5-15)18(25)7-6-17-22-19(23-26-17)16-8-10-21-11-9-16/h2-5,8-11H,6-7,13H2,1H3. The zero-order valence-electron chi connectivity index (χ0n) is 14.3. The molecule has 0 spiro atoms. The summed E-state index contributed by atoms with van der Waals surface area (Å²) in [6.45, 7) is 0.483. The lowest BCUT2D eigenvalue weighted by Gasteiger charge is -2.16. The van der Waals surface area contributed by atoms with Crippen LogP contribution in [0, 0.1) is 11.3 Å². The van der Waals surface area contributed by atoms with Gasteiger partial charge in [-0.25, -0.2) is 0 Å². The molecule has 0 fully saturated rings. The molecule has 0 N–H and O–H groups in total. The van der Waals surface area contributed by atoms with E-state index in [0.717, 1.165) is 11.1 Å². The fourth-order valence-corrected chi connectivity index (χ4v) is 2.43. The second-order valence-electron chi connectivity index (χ2n) is 5.81. The van der Waals surface area contributed by atoms with Gasteiger partial charge in [-0.3, -0.25) is 9.78 Å². The third-order valence-electron chi connectivity index (χ3n) is 3.89. The normalized spacial score (nSPS) is 10.3. The molecule has 0 unspecified atom stereocenters. The van der Waals surface area contributed by atoms with Gasteiger partial charge in [0.05, 0.1) is 11.6 Å². The molecule has 0 aliphatic rings. The van der Waals surface area contributed by atoms with E-state index in [1.807, 2.05) is 12.1 Å². The second kappa shape index (κ2) is 8.03. The number of carbonyl (C=O) groups excluding carboxylic acids is 1. The van der Waals surface area contributed by atoms with E-state index in [9.17, 15) is 4.79 Å². The summed E-state index contributed by atoms with van der Waals surface area (Å²) in [4.78, 5) is 22.2. The van der Waals surface area contributed by atoms with Crippen LogP contribution in [-0.2, 0) is 17.8 Å². The Morgan fingerprint density at radius 1 is 1.19 bits per heavy atom. The van der Waals surface area contributed by atoms with Gasteiger partial charge < -0.3 is 9.42 Å². The maximum absolute atomic E-state index is 12.3. The van der Waals surface area contributed by atoms with Gasteiger partial charge in [0.25, 0.3) is 0 Å². The Morgan fingerprint density at radius 3 is 2.62 bits per heavy atom. The SMILES string of the molecule is CN(Cc1ccc(C#N)cc1)C(=O)CCc1nc(-c2ccncc2)no1. The summed E-state index contributed by atoms with van der Waals surface area (Å²) < 4.78 is 5.21. The third-order valence-corrected chi connectivity index (χ3v) is 3.89. The van der Waals surface area contributed by atoms with Gasteiger partial charge in [-0.2, -0.15) is 10.2 Å². The molecule has 7 heteroatoms. The van der Waals surface area contributed by atoms with E-state index in [1.54, 1.807) is 48.6 Å². The smallest absolute Gasteiger partial charge is 0.227 e. The topological polar surface area (TPSA) is 95.9 Å². The highest BCUT2D eigenvalue weighted by Crippen LogP contribution is 2.15. The van der Waals surface area contributed by atoms with Crippen molar-refractivity contribution in [1.82, 2.24) is 20.0 Å². The van der Waals surface area contributed by atoms with E-state index in [2.05, 4.69) is 21.2 Å². The maximum Gasteiger partial charge on any atom is 0.227 e. The molecule has 1 aromatic carbocycles. The molecule has 0 saturated carbocycles. The van der Waals surface area contributed by atoms with Crippen LogP contribution in [0.2, 0.25) is 0 Å². The number of nitriles is 1. The molecule has 0 radical (unpaired) electrons. The molecule has 0 saturated heterocycles. The molecule has 3 aromatic rings. The Hall–Kier alpha value is -3.53. The quantitative estimate of drug-likeness (QED) is 0.680. The summed E-state index contributed by atoms with van der Waals surface area (Å²) in [5.41, 5.74) is 2.39. The van der Waals surface area contributed by atoms with Crippen LogP contribution in [0.5, 0.6) is 0 Å². The van der Waals surface area contributed by atoms with E-state index in [4.69, 9.17) is 9.78 Å². The van der Waals surface area contributed by atoms with Gasteiger partial charge >= 0.3 is 0 Å². The van der Waals surface area contributed by atoms with Crippen molar-refractivity contribution in [3.63, 3.8) is 0 Å². The van der Waals surface area contributed by atoms with Gasteiger partial charge in [0, 0.05) is 44.4 Å². The Balaban J connectivity index is 1.53. The number of aryl methyl sites for hydroxylation is 1. The maximum atomic E-state index is 12.3. The fourth-order valence-electron chi connectivity index (χ4n) is 2.43. The van der Waals surface area contributed by atoms with E-state index in [0.29, 0.717) is 30.2 Å². The Labute approximate surface area is 150 Å². The highest BCUT2D eigenvalue weighted by molar-refractivity contribution is 5.76. The van der Waals surface area contributed by atoms with Gasteiger partial charge in [0.2, 0.25) is 17.6 Å². The zero-order valence-corrected chi connectivity index (χ0v) is 14.3. The number of benzene rings is 1. The van der Waals surface area contributed by atoms with Gasteiger partial charge in [0.1, 0.15) is 0 Å². The highest BCUT2D eigenvalue weighted by Gasteiger charge is 2.13. The summed E-state index contributed by atoms with van der Waals surface area (Å²) in [6.07, 6.45) is 3.99. The molecule has 0 aliphatic carbocycles. The predicted octanol–water partition coefficient (Wildman–Crippen LogP) is 2.59. The molecule has 2 aromatic heterocycles. The molecule has 26 heavy (non-hydrogen) atoms. The van der Waals surface area contributed by atoms with E-state index in [-0.39, 0.29) is 12.3 Å². The summed E-state index contributed by atoms with van der Waals surface area (Å²) in [6, 6.07) is 12.9. The Kier molecular flexibility index (Phi) is 5.34. The summed E-state index contributed by atoms with van der Waals surface area (Å²) in [7, 11) is 1.75. The van der Waals surface area contributed by atoms with Crippen molar-refractivity contribution in [1.29, 1.82) is 5.26 Å². The first-order valence-electron chi connectivity index (χ1n) is 8.11. The molecule has 130 valence electrons. The molecular formula is C19H17N5O2. The van der Waals surface area contributed by atoms with Crippen LogP contribution < -0.4 is 0 Å². The van der Waals surface area contributed by atoms with Gasteiger partial charge in [0.15, 0.2) is 0 Å². The van der Waals surface area contributed by atoms with Crippen LogP contribution in [0.15, 0.2) is 53.3 Å². The average molecular weight is 347 g/mol. The summed E-state index contributed by atoms with van der Waals surface area (Å²) in [5.74, 6) is 0.899. The third kappa shape index (κ3) is 4.30. The minimum atomic E-state index is -0.0157. The molecule has 0 aliphatic heterocycles. The average Bonchev–Trinajstić information content (AvgIpc) is 3.16. The number of amides is 1. The van der Waals surface area contributed by atoms with Gasteiger partial charge in [-0.1, -0.05) is 17.3 Å². The Bertz CT molecular complexity index is 913. The molecule has 2 heterocycles. The number of aromatic nitrogens is 3. The number of hydrogen-bond donors (Lipinski definition) is 0. The van der Waals surface area contributed by atoms with Gasteiger partial charge in [-0.05, 0) is 29.8 Å². The molecule has 0 atom stereocenters. The molecular weight excluding hydrogens is 330 g/mol. The van der Waals surface area contributed by atoms with E-state index < -0.39 is 0 Å². The number of pyridine rings is 1. The number of nitrogens with zero attached hydrogens (tertiary/aromatic N) is 5. The van der Waals surface area contributed by atoms with E-state index in [1.165, 1.54) is 0 Å². The van der Waals surface area contributed by atoms with E-state index >= 15 is 0 Å². The number of hydrogen-bond acceptors (Lipinski definition) is 6. The molecule has 3 rings (SSSR count). The fraction of sp³-hybridized carbons (Fsp3) is 0.211. The van der Waals surface area contributed by atoms with Crippen molar-refractivity contribution in [2.24, 2.45) is 0 Å². The monoisotopic (exact) mass is 347 g/mol.